The SMILES string of the molecule is O=c1ccccc2c(C=Cc3c(Cl)cccc3Cl)nn(-c3ccccc3)c12. The molecule has 0 bridgehead atoms. The lowest BCUT2D eigenvalue weighted by atomic mass is 10.1. The van der Waals surface area contributed by atoms with Crippen LogP contribution in [0.1, 0.15) is 11.3 Å². The summed E-state index contributed by atoms with van der Waals surface area (Å²) in [4.78, 5) is 12.6. The van der Waals surface area contributed by atoms with E-state index >= 15 is 0 Å². The highest BCUT2D eigenvalue weighted by molar-refractivity contribution is 6.37. The molecule has 0 atom stereocenters. The fourth-order valence-electron chi connectivity index (χ4n) is 2.93. The molecular formula is C22H14Cl2N2O. The van der Waals surface area contributed by atoms with E-state index in [1.54, 1.807) is 35.0 Å². The van der Waals surface area contributed by atoms with Crippen molar-refractivity contribution in [3.63, 3.8) is 0 Å². The zero-order valence-electron chi connectivity index (χ0n) is 14.1. The molecule has 132 valence electrons. The molecule has 4 aromatic rings. The number of hydrogen-bond acceptors (Lipinski definition) is 2. The van der Waals surface area contributed by atoms with E-state index in [0.717, 1.165) is 11.1 Å². The Morgan fingerprint density at radius 3 is 2.19 bits per heavy atom. The number of para-hydroxylation sites is 1. The maximum absolute atomic E-state index is 12.6. The van der Waals surface area contributed by atoms with Crippen molar-refractivity contribution in [1.29, 1.82) is 0 Å². The number of fused-ring (bicyclic) bond motifs is 1. The fourth-order valence-corrected chi connectivity index (χ4v) is 3.46. The second-order valence-corrected chi connectivity index (χ2v) is 6.76. The van der Waals surface area contributed by atoms with Crippen molar-refractivity contribution >= 4 is 46.3 Å². The predicted octanol–water partition coefficient (Wildman–Crippen LogP) is 5.86. The van der Waals surface area contributed by atoms with Crippen LogP contribution in [0.4, 0.5) is 0 Å². The second-order valence-electron chi connectivity index (χ2n) is 5.95. The van der Waals surface area contributed by atoms with E-state index in [9.17, 15) is 4.79 Å². The molecule has 0 aliphatic heterocycles. The Morgan fingerprint density at radius 1 is 0.778 bits per heavy atom. The van der Waals surface area contributed by atoms with Gasteiger partial charge in [-0.05, 0) is 42.5 Å². The topological polar surface area (TPSA) is 34.9 Å². The number of nitrogens with zero attached hydrogens (tertiary/aromatic N) is 2. The van der Waals surface area contributed by atoms with E-state index in [1.807, 2.05) is 54.6 Å². The Labute approximate surface area is 166 Å². The van der Waals surface area contributed by atoms with Gasteiger partial charge in [-0.3, -0.25) is 4.79 Å². The first-order chi connectivity index (χ1) is 13.1. The molecule has 1 heterocycles. The molecule has 0 aliphatic carbocycles. The summed E-state index contributed by atoms with van der Waals surface area (Å²) in [5.74, 6) is 0. The van der Waals surface area contributed by atoms with E-state index in [1.165, 1.54) is 0 Å². The number of rotatable bonds is 3. The Morgan fingerprint density at radius 2 is 1.44 bits per heavy atom. The molecule has 0 fully saturated rings. The molecule has 0 aliphatic rings. The summed E-state index contributed by atoms with van der Waals surface area (Å²) in [7, 11) is 0. The van der Waals surface area contributed by atoms with Crippen molar-refractivity contribution in [2.45, 2.75) is 0 Å². The van der Waals surface area contributed by atoms with Crippen molar-refractivity contribution in [1.82, 2.24) is 9.78 Å². The first-order valence-corrected chi connectivity index (χ1v) is 9.10. The van der Waals surface area contributed by atoms with Gasteiger partial charge in [0.05, 0.1) is 11.4 Å². The van der Waals surface area contributed by atoms with Crippen molar-refractivity contribution < 1.29 is 0 Å². The summed E-state index contributed by atoms with van der Waals surface area (Å²) in [5.41, 5.74) is 2.63. The van der Waals surface area contributed by atoms with Gasteiger partial charge in [0.15, 0.2) is 0 Å². The molecule has 0 spiro atoms. The smallest absolute Gasteiger partial charge is 0.204 e. The minimum absolute atomic E-state index is 0.0956. The van der Waals surface area contributed by atoms with E-state index in [2.05, 4.69) is 5.10 Å². The van der Waals surface area contributed by atoms with Crippen LogP contribution in [0.15, 0.2) is 77.6 Å². The zero-order chi connectivity index (χ0) is 18.8. The Kier molecular flexibility index (Phi) is 4.80. The summed E-state index contributed by atoms with van der Waals surface area (Å²) in [6, 6.07) is 21.9. The lowest BCUT2D eigenvalue weighted by Crippen LogP contribution is -2.04. The number of halogens is 2. The van der Waals surface area contributed by atoms with Crippen LogP contribution in [0, 0.1) is 0 Å². The number of benzene rings is 2. The molecular weight excluding hydrogens is 379 g/mol. The van der Waals surface area contributed by atoms with Crippen molar-refractivity contribution in [2.24, 2.45) is 0 Å². The van der Waals surface area contributed by atoms with Gasteiger partial charge in [-0.2, -0.15) is 5.10 Å². The first kappa shape index (κ1) is 17.5. The predicted molar refractivity (Wildman–Crippen MR) is 113 cm³/mol. The van der Waals surface area contributed by atoms with Gasteiger partial charge in [0.2, 0.25) is 5.43 Å². The van der Waals surface area contributed by atoms with Gasteiger partial charge >= 0.3 is 0 Å². The highest BCUT2D eigenvalue weighted by atomic mass is 35.5. The van der Waals surface area contributed by atoms with Crippen LogP contribution in [-0.2, 0) is 0 Å². The summed E-state index contributed by atoms with van der Waals surface area (Å²) < 4.78 is 1.67. The molecule has 3 aromatic carbocycles. The Hall–Kier alpha value is -2.88. The highest BCUT2D eigenvalue weighted by Gasteiger charge is 2.12. The summed E-state index contributed by atoms with van der Waals surface area (Å²) >= 11 is 12.5. The van der Waals surface area contributed by atoms with Crippen LogP contribution in [0.3, 0.4) is 0 Å². The van der Waals surface area contributed by atoms with E-state index < -0.39 is 0 Å². The van der Waals surface area contributed by atoms with Gasteiger partial charge in [0.1, 0.15) is 5.52 Å². The molecule has 1 aromatic heterocycles. The standard InChI is InChI=1S/C22H14Cl2N2O/c23-18-10-6-11-19(24)16(18)13-14-20-17-9-4-5-12-21(27)22(17)26(25-20)15-7-2-1-3-8-15/h1-14H. The van der Waals surface area contributed by atoms with Gasteiger partial charge in [-0.25, -0.2) is 4.68 Å². The molecule has 5 heteroatoms. The van der Waals surface area contributed by atoms with Crippen molar-refractivity contribution in [2.75, 3.05) is 0 Å². The van der Waals surface area contributed by atoms with Gasteiger partial charge < -0.3 is 0 Å². The normalized spacial score (nSPS) is 11.3. The maximum atomic E-state index is 12.6. The first-order valence-electron chi connectivity index (χ1n) is 8.35. The molecule has 3 nitrogen and oxygen atoms in total. The van der Waals surface area contributed by atoms with Crippen LogP contribution in [-0.4, -0.2) is 9.78 Å². The third-order valence-electron chi connectivity index (χ3n) is 4.21. The molecule has 0 amide bonds. The molecule has 0 N–H and O–H groups in total. The average molecular weight is 393 g/mol. The third-order valence-corrected chi connectivity index (χ3v) is 4.87. The van der Waals surface area contributed by atoms with Crippen LogP contribution in [0.2, 0.25) is 10.0 Å². The number of hydrogen-bond donors (Lipinski definition) is 0. The van der Waals surface area contributed by atoms with E-state index in [-0.39, 0.29) is 5.43 Å². The van der Waals surface area contributed by atoms with Crippen LogP contribution in [0.5, 0.6) is 0 Å². The largest absolute Gasteiger partial charge is 0.288 e. The highest BCUT2D eigenvalue weighted by Crippen LogP contribution is 2.27. The van der Waals surface area contributed by atoms with E-state index in [0.29, 0.717) is 26.8 Å². The lowest BCUT2D eigenvalue weighted by molar-refractivity contribution is 0.902. The van der Waals surface area contributed by atoms with E-state index in [4.69, 9.17) is 23.2 Å². The summed E-state index contributed by atoms with van der Waals surface area (Å²) in [6.45, 7) is 0. The minimum Gasteiger partial charge on any atom is -0.288 e. The van der Waals surface area contributed by atoms with Crippen molar-refractivity contribution in [3.8, 4) is 5.69 Å². The van der Waals surface area contributed by atoms with Gasteiger partial charge in [-0.15, -0.1) is 0 Å². The van der Waals surface area contributed by atoms with Crippen LogP contribution >= 0.6 is 23.2 Å². The zero-order valence-corrected chi connectivity index (χ0v) is 15.7. The average Bonchev–Trinajstić information content (AvgIpc) is 2.93. The molecule has 0 radical (unpaired) electrons. The molecule has 27 heavy (non-hydrogen) atoms. The Bertz CT molecular complexity index is 1190. The molecule has 4 rings (SSSR count). The summed E-state index contributed by atoms with van der Waals surface area (Å²) in [6.07, 6.45) is 3.65. The molecule has 0 saturated carbocycles. The Balaban J connectivity index is 1.95. The monoisotopic (exact) mass is 392 g/mol. The minimum atomic E-state index is -0.0956. The van der Waals surface area contributed by atoms with Gasteiger partial charge in [0.25, 0.3) is 0 Å². The number of aromatic nitrogens is 2. The summed E-state index contributed by atoms with van der Waals surface area (Å²) in [5, 5.41) is 6.54. The lowest BCUT2D eigenvalue weighted by Gasteiger charge is -2.01. The van der Waals surface area contributed by atoms with Crippen molar-refractivity contribution in [3.05, 3.63) is 104 Å². The second kappa shape index (κ2) is 7.39. The quantitative estimate of drug-likeness (QED) is 0.437. The van der Waals surface area contributed by atoms with Crippen LogP contribution < -0.4 is 5.43 Å². The fraction of sp³-hybridized carbons (Fsp3) is 0. The maximum Gasteiger partial charge on any atom is 0.204 e. The molecule has 0 unspecified atom stereocenters. The van der Waals surface area contributed by atoms with Gasteiger partial charge in [0, 0.05) is 21.0 Å². The van der Waals surface area contributed by atoms with Crippen LogP contribution in [0.25, 0.3) is 28.7 Å². The molecule has 0 saturated heterocycles. The third kappa shape index (κ3) is 3.39. The van der Waals surface area contributed by atoms with Gasteiger partial charge in [-0.1, -0.05) is 65.7 Å².